The lowest BCUT2D eigenvalue weighted by Crippen LogP contribution is -2.36. The third-order valence-corrected chi connectivity index (χ3v) is 7.28. The molecule has 9 heteroatoms. The van der Waals surface area contributed by atoms with Gasteiger partial charge in [0.05, 0.1) is 11.5 Å². The summed E-state index contributed by atoms with van der Waals surface area (Å²) in [6.07, 6.45) is 0.546. The number of fused-ring (bicyclic) bond motifs is 1. The fourth-order valence-corrected chi connectivity index (χ4v) is 5.13. The molecule has 0 unspecified atom stereocenters. The number of carbonyl (C=O) groups excluding carboxylic acids is 1. The third kappa shape index (κ3) is 5.55. The van der Waals surface area contributed by atoms with E-state index >= 15 is 0 Å². The van der Waals surface area contributed by atoms with E-state index in [0.29, 0.717) is 31.0 Å². The van der Waals surface area contributed by atoms with Gasteiger partial charge in [0.25, 0.3) is 5.91 Å². The van der Waals surface area contributed by atoms with Gasteiger partial charge in [0, 0.05) is 18.8 Å². The molecule has 1 aliphatic heterocycles. The minimum atomic E-state index is -3.75. The van der Waals surface area contributed by atoms with Crippen LogP contribution < -0.4 is 14.8 Å². The summed E-state index contributed by atoms with van der Waals surface area (Å²) in [6, 6.07) is 17.2. The lowest BCUT2D eigenvalue weighted by molar-refractivity contribution is -0.118. The predicted molar refractivity (Wildman–Crippen MR) is 126 cm³/mol. The molecule has 0 fully saturated rings. The average molecular weight is 485 g/mol. The molecule has 0 radical (unpaired) electrons. The Labute approximate surface area is 198 Å². The molecular weight excluding hydrogens is 459 g/mol. The largest absolute Gasteiger partial charge is 0.494 e. The van der Waals surface area contributed by atoms with Crippen molar-refractivity contribution in [3.05, 3.63) is 83.7 Å². The number of nitrogens with one attached hydrogen (secondary N) is 1. The van der Waals surface area contributed by atoms with E-state index < -0.39 is 15.8 Å². The Bertz CT molecular complexity index is 1260. The maximum Gasteiger partial charge on any atom is 0.262 e. The standard InChI is InChI=1S/C25H25FN2O5S/c1-2-32-22-7-9-23(10-8-22)33-17-25(29)27-21-6-3-18-13-14-28(16-19(18)15-21)34(30,31)24-11-4-20(26)5-12-24/h3-12,15H,2,13-14,16-17H2,1H3,(H,27,29). The first-order valence-electron chi connectivity index (χ1n) is 10.9. The number of carbonyl (C=O) groups is 1. The summed E-state index contributed by atoms with van der Waals surface area (Å²) in [5, 5.41) is 2.79. The van der Waals surface area contributed by atoms with Crippen molar-refractivity contribution < 1.29 is 27.1 Å². The first-order chi connectivity index (χ1) is 16.3. The molecule has 0 saturated heterocycles. The van der Waals surface area contributed by atoms with Gasteiger partial charge in [-0.2, -0.15) is 4.31 Å². The number of hydrogen-bond donors (Lipinski definition) is 1. The number of nitrogens with zero attached hydrogens (tertiary/aromatic N) is 1. The minimum absolute atomic E-state index is 0.0493. The second kappa shape index (κ2) is 10.2. The Morgan fingerprint density at radius 2 is 1.65 bits per heavy atom. The molecule has 1 heterocycles. The van der Waals surface area contributed by atoms with Gasteiger partial charge in [-0.05, 0) is 85.1 Å². The Morgan fingerprint density at radius 3 is 2.32 bits per heavy atom. The fraction of sp³-hybridized carbons (Fsp3) is 0.240. The number of sulfonamides is 1. The van der Waals surface area contributed by atoms with E-state index in [1.165, 1.54) is 16.4 Å². The molecule has 1 aliphatic rings. The molecule has 178 valence electrons. The van der Waals surface area contributed by atoms with Crippen LogP contribution in [0.2, 0.25) is 0 Å². The fourth-order valence-electron chi connectivity index (χ4n) is 3.71. The number of anilines is 1. The second-order valence-electron chi connectivity index (χ2n) is 7.77. The Balaban J connectivity index is 1.38. The zero-order chi connectivity index (χ0) is 24.1. The number of benzene rings is 3. The lowest BCUT2D eigenvalue weighted by atomic mass is 10.0. The summed E-state index contributed by atoms with van der Waals surface area (Å²) in [5.74, 6) is 0.449. The van der Waals surface area contributed by atoms with Crippen LogP contribution in [0.5, 0.6) is 11.5 Å². The number of rotatable bonds is 8. The molecule has 0 atom stereocenters. The molecule has 0 saturated carbocycles. The Morgan fingerprint density at radius 1 is 0.971 bits per heavy atom. The van der Waals surface area contributed by atoms with Gasteiger partial charge in [0.1, 0.15) is 17.3 Å². The van der Waals surface area contributed by atoms with E-state index in [1.807, 2.05) is 13.0 Å². The van der Waals surface area contributed by atoms with Gasteiger partial charge >= 0.3 is 0 Å². The van der Waals surface area contributed by atoms with Gasteiger partial charge < -0.3 is 14.8 Å². The van der Waals surface area contributed by atoms with Crippen molar-refractivity contribution in [3.8, 4) is 11.5 Å². The molecule has 34 heavy (non-hydrogen) atoms. The van der Waals surface area contributed by atoms with Crippen LogP contribution in [-0.2, 0) is 27.8 Å². The van der Waals surface area contributed by atoms with Crippen molar-refractivity contribution in [1.82, 2.24) is 4.31 Å². The highest BCUT2D eigenvalue weighted by molar-refractivity contribution is 7.89. The summed E-state index contributed by atoms with van der Waals surface area (Å²) in [5.41, 5.74) is 2.39. The van der Waals surface area contributed by atoms with Crippen molar-refractivity contribution in [2.45, 2.75) is 24.8 Å². The van der Waals surface area contributed by atoms with Crippen LogP contribution in [0.15, 0.2) is 71.6 Å². The number of ether oxygens (including phenoxy) is 2. The summed E-state index contributed by atoms with van der Waals surface area (Å²) >= 11 is 0. The van der Waals surface area contributed by atoms with Gasteiger partial charge in [-0.25, -0.2) is 12.8 Å². The maximum atomic E-state index is 13.2. The molecule has 1 N–H and O–H groups in total. The van der Waals surface area contributed by atoms with Crippen LogP contribution in [0.3, 0.4) is 0 Å². The summed E-state index contributed by atoms with van der Waals surface area (Å²) in [7, 11) is -3.75. The summed E-state index contributed by atoms with van der Waals surface area (Å²) < 4.78 is 51.4. The van der Waals surface area contributed by atoms with E-state index in [4.69, 9.17) is 9.47 Å². The lowest BCUT2D eigenvalue weighted by Gasteiger charge is -2.28. The van der Waals surface area contributed by atoms with E-state index in [0.717, 1.165) is 29.0 Å². The smallest absolute Gasteiger partial charge is 0.262 e. The molecule has 3 aromatic carbocycles. The van der Waals surface area contributed by atoms with Crippen molar-refractivity contribution in [2.24, 2.45) is 0 Å². The molecule has 0 aliphatic carbocycles. The molecule has 3 aromatic rings. The molecule has 0 spiro atoms. The van der Waals surface area contributed by atoms with Gasteiger partial charge in [-0.3, -0.25) is 4.79 Å². The number of halogens is 1. The third-order valence-electron chi connectivity index (χ3n) is 5.42. The normalized spacial score (nSPS) is 13.7. The van der Waals surface area contributed by atoms with E-state index in [9.17, 15) is 17.6 Å². The van der Waals surface area contributed by atoms with Crippen LogP contribution in [0.25, 0.3) is 0 Å². The van der Waals surface area contributed by atoms with Crippen LogP contribution >= 0.6 is 0 Å². The first kappa shape index (κ1) is 23.7. The first-order valence-corrected chi connectivity index (χ1v) is 12.3. The van der Waals surface area contributed by atoms with Crippen molar-refractivity contribution in [1.29, 1.82) is 0 Å². The highest BCUT2D eigenvalue weighted by atomic mass is 32.2. The van der Waals surface area contributed by atoms with Crippen LogP contribution in [-0.4, -0.2) is 38.4 Å². The van der Waals surface area contributed by atoms with Gasteiger partial charge in [-0.1, -0.05) is 6.07 Å². The van der Waals surface area contributed by atoms with Crippen molar-refractivity contribution >= 4 is 21.6 Å². The van der Waals surface area contributed by atoms with Crippen molar-refractivity contribution in [3.63, 3.8) is 0 Å². The monoisotopic (exact) mass is 484 g/mol. The van der Waals surface area contributed by atoms with Crippen LogP contribution in [0, 0.1) is 5.82 Å². The van der Waals surface area contributed by atoms with Gasteiger partial charge in [-0.15, -0.1) is 0 Å². The zero-order valence-electron chi connectivity index (χ0n) is 18.7. The van der Waals surface area contributed by atoms with Crippen LogP contribution in [0.1, 0.15) is 18.1 Å². The quantitative estimate of drug-likeness (QED) is 0.523. The highest BCUT2D eigenvalue weighted by Crippen LogP contribution is 2.27. The molecule has 4 rings (SSSR count). The van der Waals surface area contributed by atoms with Crippen LogP contribution in [0.4, 0.5) is 10.1 Å². The second-order valence-corrected chi connectivity index (χ2v) is 9.71. The molecular formula is C25H25FN2O5S. The summed E-state index contributed by atoms with van der Waals surface area (Å²) in [6.45, 7) is 2.79. The number of amides is 1. The molecule has 0 aromatic heterocycles. The Kier molecular flexibility index (Phi) is 7.14. The van der Waals surface area contributed by atoms with Crippen molar-refractivity contribution in [2.75, 3.05) is 25.1 Å². The SMILES string of the molecule is CCOc1ccc(OCC(=O)Nc2ccc3c(c2)CN(S(=O)(=O)c2ccc(F)cc2)CC3)cc1. The average Bonchev–Trinajstić information content (AvgIpc) is 2.83. The summed E-state index contributed by atoms with van der Waals surface area (Å²) in [4.78, 5) is 12.4. The Hall–Kier alpha value is -3.43. The molecule has 7 nitrogen and oxygen atoms in total. The minimum Gasteiger partial charge on any atom is -0.494 e. The van der Waals surface area contributed by atoms with E-state index in [2.05, 4.69) is 5.32 Å². The molecule has 1 amide bonds. The van der Waals surface area contributed by atoms with Gasteiger partial charge in [0.2, 0.25) is 10.0 Å². The maximum absolute atomic E-state index is 13.2. The van der Waals surface area contributed by atoms with Gasteiger partial charge in [0.15, 0.2) is 6.61 Å². The highest BCUT2D eigenvalue weighted by Gasteiger charge is 2.28. The number of hydrogen-bond acceptors (Lipinski definition) is 5. The van der Waals surface area contributed by atoms with E-state index in [-0.39, 0.29) is 24.0 Å². The molecule has 0 bridgehead atoms. The topological polar surface area (TPSA) is 84.9 Å². The predicted octanol–water partition coefficient (Wildman–Crippen LogP) is 3.99. The van der Waals surface area contributed by atoms with E-state index in [1.54, 1.807) is 36.4 Å². The zero-order valence-corrected chi connectivity index (χ0v) is 19.5.